The van der Waals surface area contributed by atoms with E-state index in [0.29, 0.717) is 67.3 Å². The molecule has 2 saturated carbocycles. The fraction of sp³-hybridized carbons (Fsp3) is 0.483. The molecule has 2 aromatic heterocycles. The van der Waals surface area contributed by atoms with Gasteiger partial charge >= 0.3 is 6.18 Å². The van der Waals surface area contributed by atoms with Crippen LogP contribution in [0.4, 0.5) is 18.9 Å². The molecule has 1 aromatic carbocycles. The molecular weight excluding hydrogens is 585 g/mol. The Morgan fingerprint density at radius 2 is 1.72 bits per heavy atom. The Hall–Kier alpha value is -3.67. The predicted octanol–water partition coefficient (Wildman–Crippen LogP) is 5.83. The summed E-state index contributed by atoms with van der Waals surface area (Å²) in [7, 11) is -2.54. The lowest BCUT2D eigenvalue weighted by atomic mass is 9.76. The zero-order valence-electron chi connectivity index (χ0n) is 23.2. The lowest BCUT2D eigenvalue weighted by Gasteiger charge is -2.41. The number of alkyl halides is 3. The number of oxazole rings is 1. The summed E-state index contributed by atoms with van der Waals surface area (Å²) in [4.78, 5) is 27.1. The number of aromatic nitrogens is 3. The second-order valence-electron chi connectivity index (χ2n) is 11.4. The van der Waals surface area contributed by atoms with Gasteiger partial charge in [0.1, 0.15) is 17.0 Å². The molecule has 3 heterocycles. The quantitative estimate of drug-likeness (QED) is 0.311. The average molecular weight is 617 g/mol. The number of benzene rings is 1. The first-order valence-electron chi connectivity index (χ1n) is 14.2. The van der Waals surface area contributed by atoms with Crippen molar-refractivity contribution >= 4 is 22.2 Å². The van der Waals surface area contributed by atoms with Crippen LogP contribution in [0.15, 0.2) is 41.1 Å². The van der Waals surface area contributed by atoms with Crippen LogP contribution in [0, 0.1) is 17.2 Å². The number of nitrogens with one attached hydrogen (secondary N) is 1. The van der Waals surface area contributed by atoms with Crippen molar-refractivity contribution in [2.75, 3.05) is 29.5 Å². The summed E-state index contributed by atoms with van der Waals surface area (Å²) >= 11 is 0. The predicted molar refractivity (Wildman–Crippen MR) is 153 cm³/mol. The summed E-state index contributed by atoms with van der Waals surface area (Å²) in [5.41, 5.74) is 1.43. The first-order chi connectivity index (χ1) is 20.5. The van der Waals surface area contributed by atoms with Gasteiger partial charge in [-0.2, -0.15) is 29.0 Å². The number of nitriles is 1. The van der Waals surface area contributed by atoms with Crippen molar-refractivity contribution in [1.29, 1.82) is 5.26 Å². The van der Waals surface area contributed by atoms with Crippen molar-refractivity contribution in [3.8, 4) is 28.8 Å². The van der Waals surface area contributed by atoms with Gasteiger partial charge in [-0.3, -0.25) is 13.9 Å². The van der Waals surface area contributed by atoms with Crippen molar-refractivity contribution in [1.82, 2.24) is 20.3 Å². The number of amides is 1. The number of carbonyl (C=O) groups is 1. The van der Waals surface area contributed by atoms with E-state index in [2.05, 4.69) is 31.2 Å². The van der Waals surface area contributed by atoms with Crippen LogP contribution in [0.5, 0.6) is 0 Å². The third-order valence-corrected chi connectivity index (χ3v) is 10.1. The molecule has 1 saturated heterocycles. The van der Waals surface area contributed by atoms with Crippen molar-refractivity contribution in [3.05, 3.63) is 48.2 Å². The Labute approximate surface area is 247 Å². The summed E-state index contributed by atoms with van der Waals surface area (Å²) in [6.07, 6.45) is 1.51. The Morgan fingerprint density at radius 3 is 2.33 bits per heavy atom. The average Bonchev–Trinajstić information content (AvgIpc) is 3.63. The molecule has 3 fully saturated rings. The molecule has 43 heavy (non-hydrogen) atoms. The highest BCUT2D eigenvalue weighted by Gasteiger charge is 2.47. The molecule has 2 atom stereocenters. The molecular formula is C29H31F3N6O4S. The minimum absolute atomic E-state index is 0.0458. The Morgan fingerprint density at radius 1 is 1.07 bits per heavy atom. The van der Waals surface area contributed by atoms with Crippen LogP contribution in [0.25, 0.3) is 22.7 Å². The number of anilines is 1. The van der Waals surface area contributed by atoms with Gasteiger partial charge in [-0.05, 0) is 37.8 Å². The number of hydrogen-bond donors (Lipinski definition) is 3. The van der Waals surface area contributed by atoms with Crippen LogP contribution < -0.4 is 10.2 Å². The summed E-state index contributed by atoms with van der Waals surface area (Å²) < 4.78 is 65.4. The molecule has 10 nitrogen and oxygen atoms in total. The van der Waals surface area contributed by atoms with E-state index in [4.69, 9.17) is 4.42 Å². The minimum Gasteiger partial charge on any atom is -0.440 e. The molecule has 1 amide bonds. The van der Waals surface area contributed by atoms with Gasteiger partial charge < -0.3 is 14.6 Å². The third-order valence-electron chi connectivity index (χ3n) is 8.45. The van der Waals surface area contributed by atoms with Crippen LogP contribution in [0.2, 0.25) is 0 Å². The molecule has 0 spiro atoms. The highest BCUT2D eigenvalue weighted by atomic mass is 32.3. The molecule has 2 aliphatic carbocycles. The zero-order chi connectivity index (χ0) is 30.4. The van der Waals surface area contributed by atoms with E-state index >= 15 is 0 Å². The second-order valence-corrected chi connectivity index (χ2v) is 13.9. The fourth-order valence-electron chi connectivity index (χ4n) is 5.79. The standard InChI is InChI=1S/C29H31F3N6O4S/c30-29(31,32)27-34-15-19(16-35-27)26-36-23(18-5-7-20(8-6-18)38-11-13-43(40,41)14-12-38)24(42-26)21-3-1-2-4-22(21)25(39)37-28(17-33)9-10-28/h5-8,15-16,21-22,40-41H,1-4,9-14H2,(H,37,39)/t21-,22-/m1/s1. The number of carbonyl (C=O) groups excluding carboxylic acids is 1. The molecule has 0 bridgehead atoms. The fourth-order valence-corrected chi connectivity index (χ4v) is 7.02. The van der Waals surface area contributed by atoms with Gasteiger partial charge in [-0.15, -0.1) is 0 Å². The molecule has 1 aliphatic heterocycles. The summed E-state index contributed by atoms with van der Waals surface area (Å²) in [5.74, 6) is -1.19. The number of halogens is 3. The van der Waals surface area contributed by atoms with Crippen molar-refractivity contribution < 1.29 is 31.5 Å². The first-order valence-corrected chi connectivity index (χ1v) is 16.1. The SMILES string of the molecule is N#CC1(NC(=O)[C@@H]2CCCC[C@H]2c2oc(-c3cnc(C(F)(F)F)nc3)nc2-c2ccc(N3CCS(O)(O)CC3)cc2)CC1. The smallest absolute Gasteiger partial charge is 0.440 e. The second kappa shape index (κ2) is 11.1. The Kier molecular flexibility index (Phi) is 7.60. The molecule has 14 heteroatoms. The third kappa shape index (κ3) is 6.20. The van der Waals surface area contributed by atoms with Crippen LogP contribution in [-0.2, 0) is 11.0 Å². The molecule has 3 aliphatic rings. The van der Waals surface area contributed by atoms with E-state index < -0.39 is 34.0 Å². The van der Waals surface area contributed by atoms with Gasteiger partial charge in [0.05, 0.1) is 23.1 Å². The van der Waals surface area contributed by atoms with E-state index in [1.807, 2.05) is 24.3 Å². The molecule has 3 aromatic rings. The van der Waals surface area contributed by atoms with Crippen LogP contribution in [0.1, 0.15) is 56.0 Å². The van der Waals surface area contributed by atoms with Crippen molar-refractivity contribution in [3.63, 3.8) is 0 Å². The van der Waals surface area contributed by atoms with Gasteiger partial charge in [0, 0.05) is 48.6 Å². The summed E-state index contributed by atoms with van der Waals surface area (Å²) in [5, 5.41) is 12.4. The highest BCUT2D eigenvalue weighted by molar-refractivity contribution is 8.24. The zero-order valence-corrected chi connectivity index (χ0v) is 24.0. The molecule has 6 rings (SSSR count). The van der Waals surface area contributed by atoms with Crippen LogP contribution >= 0.6 is 10.6 Å². The van der Waals surface area contributed by atoms with E-state index in [9.17, 15) is 32.3 Å². The lowest BCUT2D eigenvalue weighted by Crippen LogP contribution is -2.42. The Bertz CT molecular complexity index is 1520. The molecule has 0 radical (unpaired) electrons. The topological polar surface area (TPSA) is 148 Å². The van der Waals surface area contributed by atoms with Gasteiger partial charge in [0.2, 0.25) is 17.6 Å². The van der Waals surface area contributed by atoms with E-state index in [1.54, 1.807) is 0 Å². The minimum atomic E-state index is -4.69. The highest BCUT2D eigenvalue weighted by Crippen LogP contribution is 2.45. The van der Waals surface area contributed by atoms with E-state index in [1.165, 1.54) is 0 Å². The van der Waals surface area contributed by atoms with E-state index in [0.717, 1.165) is 30.9 Å². The van der Waals surface area contributed by atoms with Gasteiger partial charge in [0.25, 0.3) is 0 Å². The maximum Gasteiger partial charge on any atom is 0.451 e. The van der Waals surface area contributed by atoms with E-state index in [-0.39, 0.29) is 23.3 Å². The maximum atomic E-state index is 13.4. The summed E-state index contributed by atoms with van der Waals surface area (Å²) in [6.45, 7) is 1.02. The lowest BCUT2D eigenvalue weighted by molar-refractivity contribution is -0.145. The van der Waals surface area contributed by atoms with Gasteiger partial charge in [0.15, 0.2) is 0 Å². The number of hydrogen-bond acceptors (Lipinski definition) is 9. The number of nitrogens with zero attached hydrogens (tertiary/aromatic N) is 5. The monoisotopic (exact) mass is 616 g/mol. The molecule has 0 unspecified atom stereocenters. The van der Waals surface area contributed by atoms with Crippen LogP contribution in [0.3, 0.4) is 0 Å². The van der Waals surface area contributed by atoms with Gasteiger partial charge in [-0.1, -0.05) is 25.0 Å². The van der Waals surface area contributed by atoms with Crippen molar-refractivity contribution in [2.24, 2.45) is 5.92 Å². The normalized spacial score (nSPS) is 23.7. The Balaban J connectivity index is 1.35. The van der Waals surface area contributed by atoms with Crippen molar-refractivity contribution in [2.45, 2.75) is 56.2 Å². The van der Waals surface area contributed by atoms with Gasteiger partial charge in [-0.25, -0.2) is 15.0 Å². The number of rotatable bonds is 6. The summed E-state index contributed by atoms with van der Waals surface area (Å²) in [6, 6.07) is 9.73. The largest absolute Gasteiger partial charge is 0.451 e. The first kappa shape index (κ1) is 29.4. The van der Waals surface area contributed by atoms with Crippen LogP contribution in [-0.4, -0.2) is 60.1 Å². The molecule has 228 valence electrons. The maximum absolute atomic E-state index is 13.4. The molecule has 3 N–H and O–H groups in total.